The number of hydrogen-bond donors (Lipinski definition) is 1. The number of nitrogens with zero attached hydrogens (tertiary/aromatic N) is 1. The van der Waals surface area contributed by atoms with Crippen molar-refractivity contribution in [1.29, 1.82) is 0 Å². The Balaban J connectivity index is 1.68. The van der Waals surface area contributed by atoms with Crippen LogP contribution in [-0.4, -0.2) is 19.1 Å². The van der Waals surface area contributed by atoms with E-state index in [-0.39, 0.29) is 5.97 Å². The van der Waals surface area contributed by atoms with Crippen molar-refractivity contribution in [1.82, 2.24) is 0 Å². The van der Waals surface area contributed by atoms with Crippen LogP contribution in [0.3, 0.4) is 0 Å². The van der Waals surface area contributed by atoms with Crippen LogP contribution >= 0.6 is 0 Å². The molecule has 0 aromatic heterocycles. The number of benzene rings is 4. The summed E-state index contributed by atoms with van der Waals surface area (Å²) in [4.78, 5) is 16.6. The number of anilines is 3. The Kier molecular flexibility index (Phi) is 6.97. The molecule has 0 fully saturated rings. The van der Waals surface area contributed by atoms with E-state index >= 15 is 0 Å². The van der Waals surface area contributed by atoms with E-state index in [1.54, 1.807) is 0 Å². The molecule has 4 aromatic carbocycles. The number of carbonyl (C=O) groups excluding carboxylic acids is 1. The Morgan fingerprint density at radius 2 is 1.38 bits per heavy atom. The zero-order valence-electron chi connectivity index (χ0n) is 23.5. The van der Waals surface area contributed by atoms with Crippen LogP contribution < -0.4 is 15.0 Å². The zero-order chi connectivity index (χ0) is 27.7. The van der Waals surface area contributed by atoms with Crippen molar-refractivity contribution in [2.45, 2.75) is 52.1 Å². The quantitative estimate of drug-likeness (QED) is 0.219. The number of esters is 1. The fraction of sp³-hybridized carbons (Fsp3) is 0.286. The smallest absolute Gasteiger partial charge is 0.342 e. The van der Waals surface area contributed by atoms with E-state index in [4.69, 9.17) is 9.47 Å². The van der Waals surface area contributed by atoms with Crippen molar-refractivity contribution in [3.63, 3.8) is 0 Å². The van der Waals surface area contributed by atoms with Gasteiger partial charge >= 0.3 is 5.97 Å². The van der Waals surface area contributed by atoms with E-state index in [1.165, 1.54) is 0 Å². The van der Waals surface area contributed by atoms with Crippen molar-refractivity contribution in [2.24, 2.45) is 0 Å². The molecule has 0 radical (unpaired) electrons. The summed E-state index contributed by atoms with van der Waals surface area (Å²) < 4.78 is 13.0. The maximum Gasteiger partial charge on any atom is 0.342 e. The van der Waals surface area contributed by atoms with Crippen LogP contribution in [0.1, 0.15) is 72.1 Å². The molecule has 0 unspecified atom stereocenters. The maximum absolute atomic E-state index is 14.2. The summed E-state index contributed by atoms with van der Waals surface area (Å²) in [5.41, 5.74) is 5.90. The Morgan fingerprint density at radius 1 is 0.800 bits per heavy atom. The lowest BCUT2D eigenvalue weighted by Crippen LogP contribution is -2.33. The largest absolute Gasteiger partial charge is 0.456 e. The lowest BCUT2D eigenvalue weighted by molar-refractivity contribution is 0.0226. The first-order valence-electron chi connectivity index (χ1n) is 14.4. The van der Waals surface area contributed by atoms with Gasteiger partial charge in [-0.05, 0) is 55.7 Å². The van der Waals surface area contributed by atoms with Crippen molar-refractivity contribution >= 4 is 23.0 Å². The molecule has 1 spiro atoms. The molecule has 1 N–H and O–H groups in total. The van der Waals surface area contributed by atoms with Crippen LogP contribution in [0.15, 0.2) is 84.9 Å². The third-order valence-corrected chi connectivity index (χ3v) is 8.01. The lowest BCUT2D eigenvalue weighted by atomic mass is 9.76. The third kappa shape index (κ3) is 4.21. The molecule has 2 aliphatic rings. The van der Waals surface area contributed by atoms with Crippen molar-refractivity contribution in [3.8, 4) is 11.5 Å². The number of carbonyl (C=O) groups is 1. The summed E-state index contributed by atoms with van der Waals surface area (Å²) in [5, 5.41) is 3.69. The fourth-order valence-electron chi connectivity index (χ4n) is 6.06. The molecule has 2 aliphatic heterocycles. The average Bonchev–Trinajstić information content (AvgIpc) is 3.28. The molecule has 0 atom stereocenters. The van der Waals surface area contributed by atoms with Gasteiger partial charge < -0.3 is 19.7 Å². The van der Waals surface area contributed by atoms with Gasteiger partial charge in [-0.2, -0.15) is 0 Å². The standard InChI is InChI=1S/C35H36N2O3/c1-4-6-21-37(22-7-5-2)28-23-24(3)33(36-25-15-9-8-10-16-25)32-31(28)34(38)40-35(32)26-17-11-13-19-29(26)39-30-20-14-12-18-27(30)35/h8-20,23,36H,4-7,21-22H2,1-3H3. The average molecular weight is 533 g/mol. The lowest BCUT2D eigenvalue weighted by Gasteiger charge is -2.38. The molecule has 2 heterocycles. The molecule has 204 valence electrons. The topological polar surface area (TPSA) is 50.8 Å². The molecule has 0 bridgehead atoms. The van der Waals surface area contributed by atoms with Gasteiger partial charge in [0.2, 0.25) is 0 Å². The highest BCUT2D eigenvalue weighted by Crippen LogP contribution is 2.59. The van der Waals surface area contributed by atoms with Crippen LogP contribution in [0.5, 0.6) is 11.5 Å². The van der Waals surface area contributed by atoms with Gasteiger partial charge in [0.1, 0.15) is 11.5 Å². The van der Waals surface area contributed by atoms with Crippen LogP contribution in [0.4, 0.5) is 17.1 Å². The van der Waals surface area contributed by atoms with E-state index in [2.05, 4.69) is 37.1 Å². The molecule has 0 saturated heterocycles. The van der Waals surface area contributed by atoms with Crippen molar-refractivity contribution in [3.05, 3.63) is 113 Å². The monoisotopic (exact) mass is 532 g/mol. The molecule has 0 saturated carbocycles. The van der Waals surface area contributed by atoms with Crippen LogP contribution in [0, 0.1) is 6.92 Å². The van der Waals surface area contributed by atoms with Gasteiger partial charge in [-0.1, -0.05) is 81.3 Å². The van der Waals surface area contributed by atoms with Crippen LogP contribution in [-0.2, 0) is 10.3 Å². The Labute approximate surface area is 236 Å². The first kappa shape index (κ1) is 26.0. The summed E-state index contributed by atoms with van der Waals surface area (Å²) in [6, 6.07) is 28.1. The number of ether oxygens (including phenoxy) is 2. The summed E-state index contributed by atoms with van der Waals surface area (Å²) in [6.45, 7) is 8.33. The van der Waals surface area contributed by atoms with Gasteiger partial charge in [0.15, 0.2) is 5.60 Å². The zero-order valence-corrected chi connectivity index (χ0v) is 23.5. The van der Waals surface area contributed by atoms with E-state index in [0.29, 0.717) is 17.1 Å². The highest BCUT2D eigenvalue weighted by molar-refractivity contribution is 6.05. The molecule has 0 amide bonds. The van der Waals surface area contributed by atoms with Gasteiger partial charge in [-0.3, -0.25) is 0 Å². The van der Waals surface area contributed by atoms with E-state index in [0.717, 1.165) is 78.1 Å². The predicted molar refractivity (Wildman–Crippen MR) is 161 cm³/mol. The number of rotatable bonds is 9. The number of unbranched alkanes of at least 4 members (excludes halogenated alkanes) is 2. The maximum atomic E-state index is 14.2. The fourth-order valence-corrected chi connectivity index (χ4v) is 6.06. The van der Waals surface area contributed by atoms with Crippen LogP contribution in [0.2, 0.25) is 0 Å². The minimum Gasteiger partial charge on any atom is -0.456 e. The Bertz CT molecular complexity index is 1490. The van der Waals surface area contributed by atoms with Gasteiger partial charge in [0.25, 0.3) is 0 Å². The molecule has 4 aromatic rings. The van der Waals surface area contributed by atoms with Gasteiger partial charge in [0.05, 0.1) is 16.9 Å². The molecular formula is C35H36N2O3. The number of para-hydroxylation sites is 3. The predicted octanol–water partition coefficient (Wildman–Crippen LogP) is 8.71. The van der Waals surface area contributed by atoms with Gasteiger partial charge in [0, 0.05) is 35.5 Å². The molecule has 6 rings (SSSR count). The molecule has 0 aliphatic carbocycles. The van der Waals surface area contributed by atoms with Crippen molar-refractivity contribution < 1.29 is 14.3 Å². The molecular weight excluding hydrogens is 496 g/mol. The number of nitrogens with one attached hydrogen (secondary N) is 1. The second-order valence-electron chi connectivity index (χ2n) is 10.7. The second kappa shape index (κ2) is 10.7. The van der Waals surface area contributed by atoms with E-state index < -0.39 is 5.60 Å². The third-order valence-electron chi connectivity index (χ3n) is 8.01. The minimum absolute atomic E-state index is 0.300. The Hall–Kier alpha value is -4.25. The van der Waals surface area contributed by atoms with E-state index in [1.807, 2.05) is 78.9 Å². The summed E-state index contributed by atoms with van der Waals surface area (Å²) in [6.07, 6.45) is 4.29. The highest BCUT2D eigenvalue weighted by Gasteiger charge is 2.56. The molecule has 40 heavy (non-hydrogen) atoms. The number of fused-ring (bicyclic) bond motifs is 6. The summed E-state index contributed by atoms with van der Waals surface area (Å²) >= 11 is 0. The second-order valence-corrected chi connectivity index (χ2v) is 10.7. The first-order valence-corrected chi connectivity index (χ1v) is 14.4. The highest BCUT2D eigenvalue weighted by atomic mass is 16.6. The first-order chi connectivity index (χ1) is 19.6. The molecule has 5 nitrogen and oxygen atoms in total. The summed E-state index contributed by atoms with van der Waals surface area (Å²) in [5.74, 6) is 1.10. The van der Waals surface area contributed by atoms with Crippen molar-refractivity contribution in [2.75, 3.05) is 23.3 Å². The molecule has 5 heteroatoms. The Morgan fingerprint density at radius 3 is 1.98 bits per heavy atom. The number of aryl methyl sites for hydroxylation is 1. The minimum atomic E-state index is -1.14. The van der Waals surface area contributed by atoms with Crippen LogP contribution in [0.25, 0.3) is 0 Å². The summed E-state index contributed by atoms with van der Waals surface area (Å²) in [7, 11) is 0. The normalized spacial score (nSPS) is 14.1. The van der Waals surface area contributed by atoms with Gasteiger partial charge in [-0.15, -0.1) is 0 Å². The van der Waals surface area contributed by atoms with Gasteiger partial charge in [-0.25, -0.2) is 4.79 Å². The number of hydrogen-bond acceptors (Lipinski definition) is 5. The SMILES string of the molecule is CCCCN(CCCC)c1cc(C)c(Nc2ccccc2)c2c1C(=O)OC21c2ccccc2Oc2ccccc21. The van der Waals surface area contributed by atoms with E-state index in [9.17, 15) is 4.79 Å².